The standard InChI is InChI=1S/C30H28N2O6/c1-19-5-11-23(12-6-19)32-20(2)28(30(35)37-4)26(29(32)34)17-21-7-13-25(14-8-21)38-18-27(33)31-22-9-15-24(36-3)16-10-22/h5-17H,18H2,1-4H3,(H,31,33)/b26-17-. The van der Waals surface area contributed by atoms with E-state index in [1.165, 1.54) is 12.0 Å². The van der Waals surface area contributed by atoms with Crippen LogP contribution < -0.4 is 19.7 Å². The highest BCUT2D eigenvalue weighted by molar-refractivity contribution is 6.23. The van der Waals surface area contributed by atoms with Gasteiger partial charge in [0.25, 0.3) is 11.8 Å². The number of nitrogens with zero attached hydrogens (tertiary/aromatic N) is 1. The van der Waals surface area contributed by atoms with Gasteiger partial charge >= 0.3 is 5.97 Å². The molecule has 1 N–H and O–H groups in total. The van der Waals surface area contributed by atoms with Crippen LogP contribution >= 0.6 is 0 Å². The maximum atomic E-state index is 13.4. The Labute approximate surface area is 221 Å². The fraction of sp³-hybridized carbons (Fsp3) is 0.167. The second-order valence-corrected chi connectivity index (χ2v) is 8.62. The van der Waals surface area contributed by atoms with Crippen LogP contribution in [-0.4, -0.2) is 38.6 Å². The Balaban J connectivity index is 1.47. The third kappa shape index (κ3) is 5.75. The first-order valence-electron chi connectivity index (χ1n) is 11.9. The molecular weight excluding hydrogens is 484 g/mol. The lowest BCUT2D eigenvalue weighted by Crippen LogP contribution is -2.24. The molecule has 3 aromatic rings. The van der Waals surface area contributed by atoms with Gasteiger partial charge in [0.1, 0.15) is 11.5 Å². The summed E-state index contributed by atoms with van der Waals surface area (Å²) in [6.07, 6.45) is 1.65. The number of allylic oxidation sites excluding steroid dienone is 1. The largest absolute Gasteiger partial charge is 0.497 e. The second-order valence-electron chi connectivity index (χ2n) is 8.62. The minimum absolute atomic E-state index is 0.176. The number of benzene rings is 3. The average molecular weight is 513 g/mol. The van der Waals surface area contributed by atoms with E-state index >= 15 is 0 Å². The van der Waals surface area contributed by atoms with Crippen LogP contribution in [0.1, 0.15) is 18.1 Å². The summed E-state index contributed by atoms with van der Waals surface area (Å²) in [5.41, 5.74) is 4.00. The number of methoxy groups -OCH3 is 2. The number of carbonyl (C=O) groups excluding carboxylic acids is 3. The van der Waals surface area contributed by atoms with Crippen LogP contribution in [0.2, 0.25) is 0 Å². The zero-order valence-electron chi connectivity index (χ0n) is 21.6. The molecule has 8 nitrogen and oxygen atoms in total. The van der Waals surface area contributed by atoms with Crippen LogP contribution in [0.15, 0.2) is 89.6 Å². The number of hydrogen-bond acceptors (Lipinski definition) is 6. The molecule has 194 valence electrons. The predicted molar refractivity (Wildman–Crippen MR) is 145 cm³/mol. The van der Waals surface area contributed by atoms with Crippen molar-refractivity contribution in [3.05, 3.63) is 101 Å². The first-order valence-corrected chi connectivity index (χ1v) is 11.9. The lowest BCUT2D eigenvalue weighted by Gasteiger charge is -2.18. The zero-order chi connectivity index (χ0) is 27.2. The molecule has 0 bridgehead atoms. The van der Waals surface area contributed by atoms with Crippen LogP contribution in [-0.2, 0) is 19.1 Å². The Kier molecular flexibility index (Phi) is 7.91. The van der Waals surface area contributed by atoms with E-state index in [9.17, 15) is 14.4 Å². The van der Waals surface area contributed by atoms with Crippen LogP contribution in [0.3, 0.4) is 0 Å². The van der Waals surface area contributed by atoms with E-state index in [0.717, 1.165) is 5.56 Å². The number of amides is 2. The SMILES string of the molecule is COC(=O)C1=C(C)N(c2ccc(C)cc2)C(=O)/C1=C\c1ccc(OCC(=O)Nc2ccc(OC)cc2)cc1. The van der Waals surface area contributed by atoms with Gasteiger partial charge < -0.3 is 19.5 Å². The molecule has 1 aliphatic rings. The summed E-state index contributed by atoms with van der Waals surface area (Å²) in [5, 5.41) is 2.75. The summed E-state index contributed by atoms with van der Waals surface area (Å²) < 4.78 is 15.7. The van der Waals surface area contributed by atoms with E-state index in [4.69, 9.17) is 14.2 Å². The minimum Gasteiger partial charge on any atom is -0.497 e. The minimum atomic E-state index is -0.584. The number of nitrogens with one attached hydrogen (secondary N) is 1. The molecule has 1 heterocycles. The van der Waals surface area contributed by atoms with Crippen molar-refractivity contribution in [2.75, 3.05) is 31.0 Å². The number of hydrogen-bond donors (Lipinski definition) is 1. The first kappa shape index (κ1) is 26.2. The molecule has 2 amide bonds. The van der Waals surface area contributed by atoms with E-state index in [0.29, 0.717) is 34.1 Å². The van der Waals surface area contributed by atoms with E-state index in [-0.39, 0.29) is 29.6 Å². The molecule has 1 aliphatic heterocycles. The van der Waals surface area contributed by atoms with Crippen molar-refractivity contribution in [2.24, 2.45) is 0 Å². The van der Waals surface area contributed by atoms with Crippen LogP contribution in [0, 0.1) is 6.92 Å². The number of rotatable bonds is 8. The van der Waals surface area contributed by atoms with Crippen molar-refractivity contribution in [3.8, 4) is 11.5 Å². The molecule has 4 rings (SSSR count). The van der Waals surface area contributed by atoms with Gasteiger partial charge in [0.2, 0.25) is 0 Å². The van der Waals surface area contributed by atoms with Gasteiger partial charge in [0.15, 0.2) is 6.61 Å². The predicted octanol–water partition coefficient (Wildman–Crippen LogP) is 4.90. The van der Waals surface area contributed by atoms with Crippen LogP contribution in [0.25, 0.3) is 6.08 Å². The summed E-state index contributed by atoms with van der Waals surface area (Å²) in [4.78, 5) is 39.7. The zero-order valence-corrected chi connectivity index (χ0v) is 21.6. The van der Waals surface area contributed by atoms with Gasteiger partial charge in [-0.1, -0.05) is 29.8 Å². The van der Waals surface area contributed by atoms with Crippen molar-refractivity contribution in [3.63, 3.8) is 0 Å². The molecule has 0 atom stereocenters. The first-order chi connectivity index (χ1) is 18.3. The number of ether oxygens (including phenoxy) is 3. The van der Waals surface area contributed by atoms with Gasteiger partial charge in [-0.15, -0.1) is 0 Å². The molecule has 38 heavy (non-hydrogen) atoms. The molecule has 0 unspecified atom stereocenters. The smallest absolute Gasteiger partial charge is 0.340 e. The summed E-state index contributed by atoms with van der Waals surface area (Å²) in [7, 11) is 2.86. The normalized spacial score (nSPS) is 14.1. The van der Waals surface area contributed by atoms with E-state index in [1.807, 2.05) is 31.2 Å². The summed E-state index contributed by atoms with van der Waals surface area (Å²) >= 11 is 0. The van der Waals surface area contributed by atoms with Gasteiger partial charge in [0.05, 0.1) is 25.4 Å². The molecule has 0 spiro atoms. The van der Waals surface area contributed by atoms with Gasteiger partial charge in [-0.25, -0.2) is 4.79 Å². The van der Waals surface area contributed by atoms with Crippen LogP contribution in [0.4, 0.5) is 11.4 Å². The molecule has 0 fully saturated rings. The topological polar surface area (TPSA) is 94.2 Å². The van der Waals surface area contributed by atoms with Crippen molar-refractivity contribution in [2.45, 2.75) is 13.8 Å². The molecule has 0 saturated carbocycles. The Hall–Kier alpha value is -4.85. The fourth-order valence-corrected chi connectivity index (χ4v) is 4.03. The van der Waals surface area contributed by atoms with Gasteiger partial charge in [0, 0.05) is 17.1 Å². The molecule has 0 aliphatic carbocycles. The number of carbonyl (C=O) groups is 3. The van der Waals surface area contributed by atoms with Crippen molar-refractivity contribution in [1.29, 1.82) is 0 Å². The fourth-order valence-electron chi connectivity index (χ4n) is 4.03. The number of anilines is 2. The van der Waals surface area contributed by atoms with Gasteiger partial charge in [-0.05, 0) is 74.0 Å². The molecule has 0 radical (unpaired) electrons. The quantitative estimate of drug-likeness (QED) is 0.341. The Morgan fingerprint density at radius 1 is 0.868 bits per heavy atom. The van der Waals surface area contributed by atoms with Gasteiger partial charge in [-0.2, -0.15) is 0 Å². The van der Waals surface area contributed by atoms with E-state index in [2.05, 4.69) is 5.32 Å². The highest BCUT2D eigenvalue weighted by Gasteiger charge is 2.37. The lowest BCUT2D eigenvalue weighted by molar-refractivity contribution is -0.136. The highest BCUT2D eigenvalue weighted by Crippen LogP contribution is 2.35. The summed E-state index contributed by atoms with van der Waals surface area (Å²) in [6, 6.07) is 21.4. The third-order valence-electron chi connectivity index (χ3n) is 6.02. The van der Waals surface area contributed by atoms with Crippen molar-refractivity contribution in [1.82, 2.24) is 0 Å². The number of aryl methyl sites for hydroxylation is 1. The second kappa shape index (κ2) is 11.5. The third-order valence-corrected chi connectivity index (χ3v) is 6.02. The highest BCUT2D eigenvalue weighted by atomic mass is 16.5. The summed E-state index contributed by atoms with van der Waals surface area (Å²) in [5.74, 6) is -0.0314. The molecule has 3 aromatic carbocycles. The maximum absolute atomic E-state index is 13.4. The van der Waals surface area contributed by atoms with Crippen molar-refractivity contribution >= 4 is 35.2 Å². The Bertz CT molecular complexity index is 1400. The lowest BCUT2D eigenvalue weighted by atomic mass is 10.0. The Morgan fingerprint density at radius 2 is 1.50 bits per heavy atom. The van der Waals surface area contributed by atoms with E-state index in [1.54, 1.807) is 68.6 Å². The van der Waals surface area contributed by atoms with Crippen molar-refractivity contribution < 1.29 is 28.6 Å². The molecule has 0 saturated heterocycles. The van der Waals surface area contributed by atoms with E-state index < -0.39 is 5.97 Å². The van der Waals surface area contributed by atoms with Gasteiger partial charge in [-0.3, -0.25) is 14.5 Å². The Morgan fingerprint density at radius 3 is 2.11 bits per heavy atom. The van der Waals surface area contributed by atoms with Crippen LogP contribution in [0.5, 0.6) is 11.5 Å². The molecule has 8 heteroatoms. The average Bonchev–Trinajstić information content (AvgIpc) is 3.17. The molecule has 0 aromatic heterocycles. The summed E-state index contributed by atoms with van der Waals surface area (Å²) in [6.45, 7) is 3.51. The molecular formula is C30H28N2O6. The number of esters is 1. The monoisotopic (exact) mass is 512 g/mol. The maximum Gasteiger partial charge on any atom is 0.340 e.